The summed E-state index contributed by atoms with van der Waals surface area (Å²) >= 11 is 12.4. The van der Waals surface area contributed by atoms with Crippen LogP contribution in [0.2, 0.25) is 10.0 Å². The lowest BCUT2D eigenvalue weighted by atomic mass is 9.96. The molecule has 0 spiro atoms. The summed E-state index contributed by atoms with van der Waals surface area (Å²) in [5.41, 5.74) is 1.52. The summed E-state index contributed by atoms with van der Waals surface area (Å²) < 4.78 is 0. The van der Waals surface area contributed by atoms with E-state index >= 15 is 0 Å². The van der Waals surface area contributed by atoms with Crippen molar-refractivity contribution >= 4 is 23.2 Å². The van der Waals surface area contributed by atoms with Crippen molar-refractivity contribution in [2.45, 2.75) is 26.2 Å². The molecule has 0 aromatic heterocycles. The maximum atomic E-state index is 6.19. The molecule has 0 atom stereocenters. The predicted octanol–water partition coefficient (Wildman–Crippen LogP) is 3.93. The Kier molecular flexibility index (Phi) is 3.78. The van der Waals surface area contributed by atoms with Crippen LogP contribution in [0.4, 0.5) is 0 Å². The van der Waals surface area contributed by atoms with Crippen LogP contribution in [0, 0.1) is 5.41 Å². The van der Waals surface area contributed by atoms with Crippen LogP contribution in [0.3, 0.4) is 0 Å². The Bertz CT molecular complexity index is 352. The van der Waals surface area contributed by atoms with Crippen molar-refractivity contribution in [1.82, 2.24) is 5.32 Å². The van der Waals surface area contributed by atoms with E-state index in [-0.39, 0.29) is 0 Å². The largest absolute Gasteiger partial charge is 0.316 e. The van der Waals surface area contributed by atoms with Crippen LogP contribution in [0.1, 0.15) is 25.3 Å². The first-order chi connectivity index (χ1) is 7.67. The van der Waals surface area contributed by atoms with Crippen LogP contribution in [0.25, 0.3) is 0 Å². The summed E-state index contributed by atoms with van der Waals surface area (Å²) in [6, 6.07) is 5.75. The van der Waals surface area contributed by atoms with Crippen molar-refractivity contribution in [3.63, 3.8) is 0 Å². The topological polar surface area (TPSA) is 12.0 Å². The minimum atomic E-state index is 0.407. The molecule has 0 unspecified atom stereocenters. The highest BCUT2D eigenvalue weighted by molar-refractivity contribution is 6.36. The standard InChI is InChI=1S/C13H17Cl2N/c1-2-16-9-13(6-7-13)8-10-11(14)4-3-5-12(10)15/h3-5,16H,2,6-9H2,1H3. The first kappa shape index (κ1) is 12.2. The van der Waals surface area contributed by atoms with Crippen LogP contribution in [-0.2, 0) is 6.42 Å². The molecule has 0 bridgehead atoms. The highest BCUT2D eigenvalue weighted by atomic mass is 35.5. The van der Waals surface area contributed by atoms with Crippen molar-refractivity contribution in [2.24, 2.45) is 5.41 Å². The summed E-state index contributed by atoms with van der Waals surface area (Å²) in [5, 5.41) is 5.03. The Hall–Kier alpha value is -0.240. The Morgan fingerprint density at radius 2 is 1.88 bits per heavy atom. The van der Waals surface area contributed by atoms with E-state index in [0.717, 1.165) is 35.1 Å². The van der Waals surface area contributed by atoms with Crippen LogP contribution in [0.5, 0.6) is 0 Å². The zero-order chi connectivity index (χ0) is 11.6. The van der Waals surface area contributed by atoms with Gasteiger partial charge in [-0.05, 0) is 48.9 Å². The van der Waals surface area contributed by atoms with Crippen molar-refractivity contribution < 1.29 is 0 Å². The molecule has 1 fully saturated rings. The van der Waals surface area contributed by atoms with E-state index in [4.69, 9.17) is 23.2 Å². The molecule has 3 heteroatoms. The molecule has 1 aromatic rings. The number of hydrogen-bond donors (Lipinski definition) is 1. The highest BCUT2D eigenvalue weighted by Gasteiger charge is 2.42. The van der Waals surface area contributed by atoms with E-state index in [9.17, 15) is 0 Å². The average molecular weight is 258 g/mol. The minimum Gasteiger partial charge on any atom is -0.316 e. The van der Waals surface area contributed by atoms with Crippen molar-refractivity contribution in [3.05, 3.63) is 33.8 Å². The minimum absolute atomic E-state index is 0.407. The van der Waals surface area contributed by atoms with Gasteiger partial charge >= 0.3 is 0 Å². The van der Waals surface area contributed by atoms with Crippen LogP contribution in [-0.4, -0.2) is 13.1 Å². The summed E-state index contributed by atoms with van der Waals surface area (Å²) in [5.74, 6) is 0. The number of nitrogens with one attached hydrogen (secondary N) is 1. The summed E-state index contributed by atoms with van der Waals surface area (Å²) in [4.78, 5) is 0. The number of hydrogen-bond acceptors (Lipinski definition) is 1. The number of halogens is 2. The number of benzene rings is 1. The van der Waals surface area contributed by atoms with Gasteiger partial charge in [0.1, 0.15) is 0 Å². The Labute approximate surface area is 107 Å². The molecule has 1 aliphatic rings. The number of rotatable bonds is 5. The first-order valence-electron chi connectivity index (χ1n) is 5.80. The van der Waals surface area contributed by atoms with E-state index in [1.807, 2.05) is 18.2 Å². The zero-order valence-electron chi connectivity index (χ0n) is 9.52. The molecule has 0 amide bonds. The fourth-order valence-electron chi connectivity index (χ4n) is 2.06. The molecule has 1 nitrogen and oxygen atoms in total. The lowest BCUT2D eigenvalue weighted by Crippen LogP contribution is -2.25. The van der Waals surface area contributed by atoms with Gasteiger partial charge in [-0.1, -0.05) is 36.2 Å². The third-order valence-electron chi connectivity index (χ3n) is 3.32. The first-order valence-corrected chi connectivity index (χ1v) is 6.56. The van der Waals surface area contributed by atoms with Gasteiger partial charge < -0.3 is 5.32 Å². The smallest absolute Gasteiger partial charge is 0.0453 e. The summed E-state index contributed by atoms with van der Waals surface area (Å²) in [6.45, 7) is 4.24. The fraction of sp³-hybridized carbons (Fsp3) is 0.538. The monoisotopic (exact) mass is 257 g/mol. The molecule has 1 N–H and O–H groups in total. The second-order valence-corrected chi connectivity index (χ2v) is 5.47. The molecule has 0 aliphatic heterocycles. The zero-order valence-corrected chi connectivity index (χ0v) is 11.0. The van der Waals surface area contributed by atoms with Gasteiger partial charge in [0.15, 0.2) is 0 Å². The van der Waals surface area contributed by atoms with Crippen molar-refractivity contribution in [2.75, 3.05) is 13.1 Å². The molecule has 2 rings (SSSR count). The molecule has 1 aliphatic carbocycles. The normalized spacial score (nSPS) is 17.4. The lowest BCUT2D eigenvalue weighted by Gasteiger charge is -2.17. The summed E-state index contributed by atoms with van der Waals surface area (Å²) in [6.07, 6.45) is 3.56. The molecule has 16 heavy (non-hydrogen) atoms. The van der Waals surface area contributed by atoms with Crippen molar-refractivity contribution in [1.29, 1.82) is 0 Å². The van der Waals surface area contributed by atoms with Gasteiger partial charge in [0.25, 0.3) is 0 Å². The predicted molar refractivity (Wildman–Crippen MR) is 70.4 cm³/mol. The van der Waals surface area contributed by atoms with Gasteiger partial charge in [0.05, 0.1) is 0 Å². The third-order valence-corrected chi connectivity index (χ3v) is 4.03. The second kappa shape index (κ2) is 4.95. The molecular weight excluding hydrogens is 241 g/mol. The van der Waals surface area contributed by atoms with E-state index in [0.29, 0.717) is 5.41 Å². The lowest BCUT2D eigenvalue weighted by molar-refractivity contribution is 0.463. The molecule has 1 aromatic carbocycles. The molecule has 0 heterocycles. The highest BCUT2D eigenvalue weighted by Crippen LogP contribution is 2.49. The van der Waals surface area contributed by atoms with Crippen molar-refractivity contribution in [3.8, 4) is 0 Å². The van der Waals surface area contributed by atoms with Crippen LogP contribution >= 0.6 is 23.2 Å². The third kappa shape index (κ3) is 2.71. The van der Waals surface area contributed by atoms with E-state index in [1.165, 1.54) is 12.8 Å². The van der Waals surface area contributed by atoms with Crippen LogP contribution in [0.15, 0.2) is 18.2 Å². The summed E-state index contributed by atoms with van der Waals surface area (Å²) in [7, 11) is 0. The Morgan fingerprint density at radius 1 is 1.25 bits per heavy atom. The van der Waals surface area contributed by atoms with E-state index in [1.54, 1.807) is 0 Å². The van der Waals surface area contributed by atoms with E-state index in [2.05, 4.69) is 12.2 Å². The molecule has 88 valence electrons. The molecule has 1 saturated carbocycles. The van der Waals surface area contributed by atoms with Gasteiger partial charge in [0.2, 0.25) is 0 Å². The van der Waals surface area contributed by atoms with Crippen LogP contribution < -0.4 is 5.32 Å². The maximum absolute atomic E-state index is 6.19. The van der Waals surface area contributed by atoms with Gasteiger partial charge in [-0.3, -0.25) is 0 Å². The Balaban J connectivity index is 2.09. The second-order valence-electron chi connectivity index (χ2n) is 4.66. The fourth-order valence-corrected chi connectivity index (χ4v) is 2.59. The van der Waals surface area contributed by atoms with Gasteiger partial charge in [0, 0.05) is 16.6 Å². The quantitative estimate of drug-likeness (QED) is 0.843. The maximum Gasteiger partial charge on any atom is 0.0453 e. The molecule has 0 saturated heterocycles. The van der Waals surface area contributed by atoms with Gasteiger partial charge in [-0.25, -0.2) is 0 Å². The molecule has 0 radical (unpaired) electrons. The van der Waals surface area contributed by atoms with Gasteiger partial charge in [-0.15, -0.1) is 0 Å². The van der Waals surface area contributed by atoms with Gasteiger partial charge in [-0.2, -0.15) is 0 Å². The van der Waals surface area contributed by atoms with E-state index < -0.39 is 0 Å². The SMILES string of the molecule is CCNCC1(Cc2c(Cl)cccc2Cl)CC1. The molecular formula is C13H17Cl2N. The Morgan fingerprint density at radius 3 is 2.38 bits per heavy atom. The average Bonchev–Trinajstić information content (AvgIpc) is 3.02.